The van der Waals surface area contributed by atoms with Gasteiger partial charge in [-0.2, -0.15) is 0 Å². The first-order chi connectivity index (χ1) is 11.0. The molecule has 2 rings (SSSR count). The first-order valence-electron chi connectivity index (χ1n) is 6.69. The van der Waals surface area contributed by atoms with Crippen LogP contribution in [0.2, 0.25) is 0 Å². The molecule has 6 heteroatoms. The Morgan fingerprint density at radius 3 is 2.61 bits per heavy atom. The maximum absolute atomic E-state index is 13.7. The predicted octanol–water partition coefficient (Wildman–Crippen LogP) is 4.10. The highest BCUT2D eigenvalue weighted by Gasteiger charge is 2.06. The SMILES string of the molecule is COc1ccc(OC)c(/C=C/C(=O)Nc2ccc(I)cc2F)c1. The Hall–Kier alpha value is -2.09. The summed E-state index contributed by atoms with van der Waals surface area (Å²) in [4.78, 5) is 11.9. The van der Waals surface area contributed by atoms with Crippen molar-refractivity contribution in [2.75, 3.05) is 19.5 Å². The second kappa shape index (κ2) is 7.96. The van der Waals surface area contributed by atoms with Crippen LogP contribution >= 0.6 is 22.6 Å². The largest absolute Gasteiger partial charge is 0.497 e. The monoisotopic (exact) mass is 427 g/mol. The molecule has 4 nitrogen and oxygen atoms in total. The zero-order valence-electron chi connectivity index (χ0n) is 12.6. The number of methoxy groups -OCH3 is 2. The van der Waals surface area contributed by atoms with Crippen molar-refractivity contribution >= 4 is 40.3 Å². The van der Waals surface area contributed by atoms with Crippen molar-refractivity contribution in [3.05, 3.63) is 57.4 Å². The highest BCUT2D eigenvalue weighted by molar-refractivity contribution is 14.1. The van der Waals surface area contributed by atoms with E-state index < -0.39 is 11.7 Å². The molecule has 0 aliphatic heterocycles. The van der Waals surface area contributed by atoms with E-state index in [1.165, 1.54) is 18.2 Å². The van der Waals surface area contributed by atoms with Crippen molar-refractivity contribution in [3.8, 4) is 11.5 Å². The van der Waals surface area contributed by atoms with Crippen LogP contribution in [0.1, 0.15) is 5.56 Å². The molecule has 2 aromatic rings. The fourth-order valence-electron chi connectivity index (χ4n) is 1.90. The van der Waals surface area contributed by atoms with Crippen molar-refractivity contribution in [1.29, 1.82) is 0 Å². The Kier molecular flexibility index (Phi) is 5.97. The van der Waals surface area contributed by atoms with Crippen LogP contribution in [0.3, 0.4) is 0 Å². The summed E-state index contributed by atoms with van der Waals surface area (Å²) in [5, 5.41) is 2.50. The fourth-order valence-corrected chi connectivity index (χ4v) is 2.35. The average Bonchev–Trinajstić information content (AvgIpc) is 2.55. The van der Waals surface area contributed by atoms with E-state index in [2.05, 4.69) is 5.32 Å². The van der Waals surface area contributed by atoms with Gasteiger partial charge < -0.3 is 14.8 Å². The number of hydrogen-bond donors (Lipinski definition) is 1. The smallest absolute Gasteiger partial charge is 0.248 e. The fraction of sp³-hybridized carbons (Fsp3) is 0.118. The minimum absolute atomic E-state index is 0.137. The van der Waals surface area contributed by atoms with Crippen LogP contribution in [0.15, 0.2) is 42.5 Å². The Morgan fingerprint density at radius 1 is 1.17 bits per heavy atom. The third-order valence-corrected chi connectivity index (χ3v) is 3.71. The van der Waals surface area contributed by atoms with Crippen LogP contribution < -0.4 is 14.8 Å². The minimum Gasteiger partial charge on any atom is -0.497 e. The van der Waals surface area contributed by atoms with E-state index in [0.717, 1.165) is 3.57 Å². The second-order valence-electron chi connectivity index (χ2n) is 4.55. The van der Waals surface area contributed by atoms with Crippen molar-refractivity contribution in [1.82, 2.24) is 0 Å². The number of ether oxygens (including phenoxy) is 2. The first-order valence-corrected chi connectivity index (χ1v) is 7.77. The molecule has 1 N–H and O–H groups in total. The number of nitrogens with one attached hydrogen (secondary N) is 1. The molecule has 0 radical (unpaired) electrons. The number of halogens is 2. The van der Waals surface area contributed by atoms with Crippen molar-refractivity contribution in [2.24, 2.45) is 0 Å². The molecule has 0 saturated heterocycles. The molecule has 0 bridgehead atoms. The van der Waals surface area contributed by atoms with Gasteiger partial charge in [-0.15, -0.1) is 0 Å². The topological polar surface area (TPSA) is 47.6 Å². The van der Waals surface area contributed by atoms with Gasteiger partial charge in [-0.3, -0.25) is 4.79 Å². The van der Waals surface area contributed by atoms with Gasteiger partial charge in [0.25, 0.3) is 0 Å². The van der Waals surface area contributed by atoms with Crippen LogP contribution in [0.4, 0.5) is 10.1 Å². The van der Waals surface area contributed by atoms with Crippen molar-refractivity contribution < 1.29 is 18.7 Å². The molecule has 0 fully saturated rings. The van der Waals surface area contributed by atoms with E-state index >= 15 is 0 Å². The highest BCUT2D eigenvalue weighted by atomic mass is 127. The third-order valence-electron chi connectivity index (χ3n) is 3.04. The van der Waals surface area contributed by atoms with Gasteiger partial charge >= 0.3 is 0 Å². The maximum atomic E-state index is 13.7. The molecule has 0 atom stereocenters. The summed E-state index contributed by atoms with van der Waals surface area (Å²) < 4.78 is 24.8. The Morgan fingerprint density at radius 2 is 1.96 bits per heavy atom. The number of rotatable bonds is 5. The number of carbonyl (C=O) groups is 1. The molecule has 2 aromatic carbocycles. The number of hydrogen-bond acceptors (Lipinski definition) is 3. The summed E-state index contributed by atoms with van der Waals surface area (Å²) in [7, 11) is 3.10. The zero-order valence-corrected chi connectivity index (χ0v) is 14.8. The molecular weight excluding hydrogens is 412 g/mol. The van der Waals surface area contributed by atoms with Crippen LogP contribution in [0.25, 0.3) is 6.08 Å². The minimum atomic E-state index is -0.474. The first kappa shape index (κ1) is 17.3. The average molecular weight is 427 g/mol. The van der Waals surface area contributed by atoms with E-state index in [4.69, 9.17) is 9.47 Å². The maximum Gasteiger partial charge on any atom is 0.248 e. The quantitative estimate of drug-likeness (QED) is 0.578. The number of benzene rings is 2. The lowest BCUT2D eigenvalue weighted by atomic mass is 10.1. The Bertz CT molecular complexity index is 747. The molecular formula is C17H15FINO3. The zero-order chi connectivity index (χ0) is 16.8. The summed E-state index contributed by atoms with van der Waals surface area (Å²) in [6.07, 6.45) is 2.90. The van der Waals surface area contributed by atoms with E-state index in [9.17, 15) is 9.18 Å². The number of anilines is 1. The van der Waals surface area contributed by atoms with Crippen molar-refractivity contribution in [3.63, 3.8) is 0 Å². The van der Waals surface area contributed by atoms with Crippen LogP contribution in [-0.4, -0.2) is 20.1 Å². The molecule has 0 saturated carbocycles. The van der Waals surface area contributed by atoms with Gasteiger partial charge in [0.1, 0.15) is 17.3 Å². The summed E-state index contributed by atoms with van der Waals surface area (Å²) >= 11 is 2.00. The Labute approximate surface area is 147 Å². The highest BCUT2D eigenvalue weighted by Crippen LogP contribution is 2.25. The summed E-state index contributed by atoms with van der Waals surface area (Å²) in [6, 6.07) is 9.84. The molecule has 0 unspecified atom stereocenters. The molecule has 0 heterocycles. The standard InChI is InChI=1S/C17H15FINO3/c1-22-13-5-7-16(23-2)11(9-13)3-8-17(21)20-15-6-4-12(19)10-14(15)18/h3-10H,1-2H3,(H,20,21)/b8-3+. The van der Waals surface area contributed by atoms with Crippen LogP contribution in [0, 0.1) is 9.39 Å². The number of carbonyl (C=O) groups excluding carboxylic acids is 1. The molecule has 1 amide bonds. The van der Waals surface area contributed by atoms with Gasteiger partial charge in [0, 0.05) is 15.2 Å². The third kappa shape index (κ3) is 4.69. The van der Waals surface area contributed by atoms with E-state index in [0.29, 0.717) is 17.1 Å². The molecule has 0 aliphatic carbocycles. The summed E-state index contributed by atoms with van der Waals surface area (Å²) in [6.45, 7) is 0. The van der Waals surface area contributed by atoms with E-state index in [1.807, 2.05) is 22.6 Å². The summed E-state index contributed by atoms with van der Waals surface area (Å²) in [5.74, 6) is 0.345. The summed E-state index contributed by atoms with van der Waals surface area (Å²) in [5.41, 5.74) is 0.822. The Balaban J connectivity index is 2.14. The lowest BCUT2D eigenvalue weighted by Crippen LogP contribution is -2.09. The van der Waals surface area contributed by atoms with Gasteiger partial charge in [-0.1, -0.05) is 0 Å². The molecule has 23 heavy (non-hydrogen) atoms. The second-order valence-corrected chi connectivity index (χ2v) is 5.80. The predicted molar refractivity (Wildman–Crippen MR) is 96.3 cm³/mol. The van der Waals surface area contributed by atoms with Gasteiger partial charge in [0.2, 0.25) is 5.91 Å². The van der Waals surface area contributed by atoms with Gasteiger partial charge in [0.05, 0.1) is 19.9 Å². The lowest BCUT2D eigenvalue weighted by Gasteiger charge is -2.07. The van der Waals surface area contributed by atoms with E-state index in [-0.39, 0.29) is 5.69 Å². The molecule has 0 spiro atoms. The van der Waals surface area contributed by atoms with Gasteiger partial charge in [-0.05, 0) is 65.1 Å². The van der Waals surface area contributed by atoms with Crippen molar-refractivity contribution in [2.45, 2.75) is 0 Å². The van der Waals surface area contributed by atoms with E-state index in [1.54, 1.807) is 44.6 Å². The van der Waals surface area contributed by atoms with Gasteiger partial charge in [0.15, 0.2) is 0 Å². The molecule has 120 valence electrons. The molecule has 0 aromatic heterocycles. The van der Waals surface area contributed by atoms with Gasteiger partial charge in [-0.25, -0.2) is 4.39 Å². The van der Waals surface area contributed by atoms with Crippen LogP contribution in [0.5, 0.6) is 11.5 Å². The number of amides is 1. The normalized spacial score (nSPS) is 10.6. The molecule has 0 aliphatic rings. The van der Waals surface area contributed by atoms with Crippen LogP contribution in [-0.2, 0) is 4.79 Å². The lowest BCUT2D eigenvalue weighted by molar-refractivity contribution is -0.111.